The lowest BCUT2D eigenvalue weighted by molar-refractivity contribution is -0.163. The van der Waals surface area contributed by atoms with Crippen LogP contribution in [0, 0.1) is 5.41 Å². The van der Waals surface area contributed by atoms with Gasteiger partial charge in [0.25, 0.3) is 0 Å². The number of pyridine rings is 1. The zero-order valence-corrected chi connectivity index (χ0v) is 14.1. The van der Waals surface area contributed by atoms with Crippen LogP contribution in [-0.2, 0) is 15.9 Å². The van der Waals surface area contributed by atoms with E-state index in [9.17, 15) is 0 Å². The topological polar surface area (TPSA) is 83.4 Å². The molecule has 1 aliphatic rings. The Labute approximate surface area is 137 Å². The van der Waals surface area contributed by atoms with Crippen LogP contribution in [0.25, 0.3) is 10.9 Å². The van der Waals surface area contributed by atoms with Crippen molar-refractivity contribution in [1.82, 2.24) is 4.98 Å². The van der Waals surface area contributed by atoms with Gasteiger partial charge in [-0.2, -0.15) is 0 Å². The third kappa shape index (κ3) is 3.26. The lowest BCUT2D eigenvalue weighted by atomic mass is 9.80. The van der Waals surface area contributed by atoms with Crippen molar-refractivity contribution < 1.29 is 9.47 Å². The standard InChI is InChI=1S/C18H25N3O2/c1-17(2,11-18(3)22-8-9-23-18)10-14-16(20)15(19)12-6-4-5-7-13(12)21-14/h4-7H,8-11,20H2,1-3H3,(H2,19,21). The molecule has 5 nitrogen and oxygen atoms in total. The molecule has 23 heavy (non-hydrogen) atoms. The molecule has 2 aromatic rings. The van der Waals surface area contributed by atoms with Gasteiger partial charge < -0.3 is 20.9 Å². The molecule has 1 fully saturated rings. The van der Waals surface area contributed by atoms with Crippen LogP contribution in [-0.4, -0.2) is 24.0 Å². The minimum atomic E-state index is -0.527. The van der Waals surface area contributed by atoms with Crippen molar-refractivity contribution in [2.24, 2.45) is 5.41 Å². The van der Waals surface area contributed by atoms with Gasteiger partial charge in [0.1, 0.15) is 0 Å². The number of fused-ring (bicyclic) bond motifs is 1. The minimum absolute atomic E-state index is 0.0743. The van der Waals surface area contributed by atoms with E-state index < -0.39 is 5.79 Å². The minimum Gasteiger partial charge on any atom is -0.396 e. The predicted octanol–water partition coefficient (Wildman–Crippen LogP) is 3.12. The molecular weight excluding hydrogens is 290 g/mol. The lowest BCUT2D eigenvalue weighted by Gasteiger charge is -2.33. The number of hydrogen-bond donors (Lipinski definition) is 2. The number of aromatic nitrogens is 1. The summed E-state index contributed by atoms with van der Waals surface area (Å²) < 4.78 is 11.5. The van der Waals surface area contributed by atoms with Crippen LogP contribution in [0.1, 0.15) is 32.9 Å². The fourth-order valence-corrected chi connectivity index (χ4v) is 3.48. The first-order valence-corrected chi connectivity index (χ1v) is 8.00. The maximum atomic E-state index is 6.25. The molecule has 1 saturated heterocycles. The normalized spacial score (nSPS) is 17.7. The van der Waals surface area contributed by atoms with Crippen molar-refractivity contribution in [3.8, 4) is 0 Å². The van der Waals surface area contributed by atoms with Gasteiger partial charge in [-0.25, -0.2) is 0 Å². The molecule has 1 aromatic heterocycles. The Balaban J connectivity index is 1.89. The number of para-hydroxylation sites is 1. The number of benzene rings is 1. The number of nitrogens with two attached hydrogens (primary N) is 2. The monoisotopic (exact) mass is 315 g/mol. The fourth-order valence-electron chi connectivity index (χ4n) is 3.48. The van der Waals surface area contributed by atoms with E-state index in [1.165, 1.54) is 0 Å². The summed E-state index contributed by atoms with van der Waals surface area (Å²) in [6, 6.07) is 7.82. The van der Waals surface area contributed by atoms with Crippen LogP contribution in [0.2, 0.25) is 0 Å². The van der Waals surface area contributed by atoms with Crippen LogP contribution >= 0.6 is 0 Å². The summed E-state index contributed by atoms with van der Waals surface area (Å²) in [5.74, 6) is -0.527. The van der Waals surface area contributed by atoms with Gasteiger partial charge in [-0.05, 0) is 24.8 Å². The highest BCUT2D eigenvalue weighted by Gasteiger charge is 2.38. The first kappa shape index (κ1) is 16.0. The molecule has 2 heterocycles. The Bertz CT molecular complexity index is 722. The third-order valence-electron chi connectivity index (χ3n) is 4.39. The smallest absolute Gasteiger partial charge is 0.166 e. The summed E-state index contributed by atoms with van der Waals surface area (Å²) in [6.45, 7) is 7.64. The number of nitrogen functional groups attached to an aromatic ring is 2. The summed E-state index contributed by atoms with van der Waals surface area (Å²) in [5.41, 5.74) is 15.3. The van der Waals surface area contributed by atoms with Crippen LogP contribution in [0.5, 0.6) is 0 Å². The largest absolute Gasteiger partial charge is 0.396 e. The zero-order chi connectivity index (χ0) is 16.7. The van der Waals surface area contributed by atoms with Crippen molar-refractivity contribution in [1.29, 1.82) is 0 Å². The second-order valence-corrected chi connectivity index (χ2v) is 7.25. The molecule has 0 radical (unpaired) electrons. The van der Waals surface area contributed by atoms with Gasteiger partial charge in [0.05, 0.1) is 35.8 Å². The second kappa shape index (κ2) is 5.65. The van der Waals surface area contributed by atoms with E-state index in [-0.39, 0.29) is 5.41 Å². The molecule has 3 rings (SSSR count). The van der Waals surface area contributed by atoms with Crippen molar-refractivity contribution in [2.45, 2.75) is 39.4 Å². The molecule has 0 bridgehead atoms. The Kier molecular flexibility index (Phi) is 3.94. The van der Waals surface area contributed by atoms with E-state index in [0.29, 0.717) is 24.6 Å². The Morgan fingerprint density at radius 2 is 1.78 bits per heavy atom. The maximum absolute atomic E-state index is 6.25. The highest BCUT2D eigenvalue weighted by Crippen LogP contribution is 2.38. The molecule has 0 aliphatic carbocycles. The van der Waals surface area contributed by atoms with E-state index in [2.05, 4.69) is 13.8 Å². The van der Waals surface area contributed by atoms with Crippen molar-refractivity contribution in [2.75, 3.05) is 24.7 Å². The van der Waals surface area contributed by atoms with Crippen molar-refractivity contribution in [3.05, 3.63) is 30.0 Å². The van der Waals surface area contributed by atoms with Gasteiger partial charge in [-0.15, -0.1) is 0 Å². The van der Waals surface area contributed by atoms with Crippen molar-refractivity contribution in [3.63, 3.8) is 0 Å². The van der Waals surface area contributed by atoms with E-state index in [1.807, 2.05) is 31.2 Å². The SMILES string of the molecule is CC(C)(Cc1nc2ccccc2c(N)c1N)CC1(C)OCCO1. The van der Waals surface area contributed by atoms with E-state index in [1.54, 1.807) is 0 Å². The van der Waals surface area contributed by atoms with Gasteiger partial charge in [0.15, 0.2) is 5.79 Å². The number of rotatable bonds is 4. The zero-order valence-electron chi connectivity index (χ0n) is 14.1. The van der Waals surface area contributed by atoms with Gasteiger partial charge in [0.2, 0.25) is 0 Å². The molecule has 0 saturated carbocycles. The van der Waals surface area contributed by atoms with Gasteiger partial charge >= 0.3 is 0 Å². The average Bonchev–Trinajstić information content (AvgIpc) is 2.89. The third-order valence-corrected chi connectivity index (χ3v) is 4.39. The Hall–Kier alpha value is -1.85. The van der Waals surface area contributed by atoms with E-state index in [0.717, 1.165) is 29.4 Å². The van der Waals surface area contributed by atoms with Gasteiger partial charge in [-0.1, -0.05) is 32.0 Å². The van der Waals surface area contributed by atoms with Crippen molar-refractivity contribution >= 4 is 22.3 Å². The highest BCUT2D eigenvalue weighted by atomic mass is 16.7. The molecule has 1 aliphatic heterocycles. The van der Waals surface area contributed by atoms with E-state index >= 15 is 0 Å². The van der Waals surface area contributed by atoms with E-state index in [4.69, 9.17) is 25.9 Å². The summed E-state index contributed by atoms with van der Waals surface area (Å²) >= 11 is 0. The molecule has 1 aromatic carbocycles. The molecule has 0 atom stereocenters. The van der Waals surface area contributed by atoms with Crippen LogP contribution in [0.3, 0.4) is 0 Å². The number of ether oxygens (including phenoxy) is 2. The quantitative estimate of drug-likeness (QED) is 0.905. The number of nitrogens with zero attached hydrogens (tertiary/aromatic N) is 1. The van der Waals surface area contributed by atoms with Crippen LogP contribution < -0.4 is 11.5 Å². The highest BCUT2D eigenvalue weighted by molar-refractivity contribution is 5.96. The Morgan fingerprint density at radius 3 is 2.48 bits per heavy atom. The molecule has 0 unspecified atom stereocenters. The first-order valence-electron chi connectivity index (χ1n) is 8.00. The molecule has 0 amide bonds. The summed E-state index contributed by atoms with van der Waals surface area (Å²) in [6.07, 6.45) is 1.49. The second-order valence-electron chi connectivity index (χ2n) is 7.25. The summed E-state index contributed by atoms with van der Waals surface area (Å²) in [5, 5.41) is 0.904. The number of anilines is 2. The maximum Gasteiger partial charge on any atom is 0.166 e. The average molecular weight is 315 g/mol. The summed E-state index contributed by atoms with van der Waals surface area (Å²) in [7, 11) is 0. The lowest BCUT2D eigenvalue weighted by Crippen LogP contribution is -2.34. The molecule has 124 valence electrons. The fraction of sp³-hybridized carbons (Fsp3) is 0.500. The van der Waals surface area contributed by atoms with Gasteiger partial charge in [0, 0.05) is 11.8 Å². The summed E-state index contributed by atoms with van der Waals surface area (Å²) in [4.78, 5) is 4.73. The Morgan fingerprint density at radius 1 is 1.13 bits per heavy atom. The molecule has 5 heteroatoms. The first-order chi connectivity index (χ1) is 10.8. The number of hydrogen-bond acceptors (Lipinski definition) is 5. The van der Waals surface area contributed by atoms with Crippen LogP contribution in [0.15, 0.2) is 24.3 Å². The predicted molar refractivity (Wildman–Crippen MR) is 93.0 cm³/mol. The van der Waals surface area contributed by atoms with Gasteiger partial charge in [-0.3, -0.25) is 4.98 Å². The molecule has 0 spiro atoms. The molecule has 4 N–H and O–H groups in total. The molecular formula is C18H25N3O2. The van der Waals surface area contributed by atoms with Crippen LogP contribution in [0.4, 0.5) is 11.4 Å².